The fourth-order valence-corrected chi connectivity index (χ4v) is 2.82. The van der Waals surface area contributed by atoms with Crippen LogP contribution in [-0.4, -0.2) is 73.2 Å². The van der Waals surface area contributed by atoms with Crippen LogP contribution < -0.4 is 10.9 Å². The van der Waals surface area contributed by atoms with E-state index in [4.69, 9.17) is 16.7 Å². The van der Waals surface area contributed by atoms with Crippen molar-refractivity contribution in [3.8, 4) is 0 Å². The normalized spacial score (nSPS) is 15.9. The van der Waals surface area contributed by atoms with E-state index >= 15 is 0 Å². The molecule has 2 aromatic rings. The molecule has 4 atom stereocenters. The third kappa shape index (κ3) is 5.01. The van der Waals surface area contributed by atoms with Crippen LogP contribution in [0, 0.1) is 5.82 Å². The molecular formula is C18H21ClFN3O7. The van der Waals surface area contributed by atoms with Crippen LogP contribution in [0.25, 0.3) is 10.9 Å². The van der Waals surface area contributed by atoms with Gasteiger partial charge in [0.15, 0.2) is 0 Å². The number of hydrogen-bond acceptors (Lipinski definition) is 8. The fraction of sp³-hybridized carbons (Fsp3) is 0.389. The quantitative estimate of drug-likeness (QED) is 0.223. The Bertz CT molecular complexity index is 1010. The molecule has 0 radical (unpaired) electrons. The van der Waals surface area contributed by atoms with E-state index in [1.165, 1.54) is 16.8 Å². The zero-order valence-electron chi connectivity index (χ0n) is 15.7. The topological polar surface area (TPSA) is 165 Å². The van der Waals surface area contributed by atoms with Crippen LogP contribution in [0.3, 0.4) is 0 Å². The summed E-state index contributed by atoms with van der Waals surface area (Å²) in [4.78, 5) is 24.9. The number of aliphatic hydroxyl groups excluding tert-OH is 5. The largest absolute Gasteiger partial charge is 0.394 e. The van der Waals surface area contributed by atoms with Crippen LogP contribution in [0.2, 0.25) is 5.02 Å². The van der Waals surface area contributed by atoms with Crippen LogP contribution in [0.4, 0.5) is 4.39 Å². The molecule has 1 aromatic heterocycles. The molecule has 10 nitrogen and oxygen atoms in total. The van der Waals surface area contributed by atoms with Gasteiger partial charge in [-0.05, 0) is 19.1 Å². The van der Waals surface area contributed by atoms with Gasteiger partial charge in [-0.15, -0.1) is 0 Å². The first-order chi connectivity index (χ1) is 14.1. The van der Waals surface area contributed by atoms with Crippen LogP contribution in [0.1, 0.15) is 17.3 Å². The molecule has 12 heteroatoms. The van der Waals surface area contributed by atoms with E-state index < -0.39 is 48.2 Å². The molecule has 0 spiro atoms. The minimum absolute atomic E-state index is 0.0630. The maximum atomic E-state index is 13.8. The summed E-state index contributed by atoms with van der Waals surface area (Å²) in [5.41, 5.74) is 1.20. The molecule has 0 bridgehead atoms. The molecule has 0 unspecified atom stereocenters. The first-order valence-corrected chi connectivity index (χ1v) is 9.19. The van der Waals surface area contributed by atoms with Gasteiger partial charge in [0.1, 0.15) is 35.8 Å². The first kappa shape index (κ1) is 23.9. The van der Waals surface area contributed by atoms with Crippen LogP contribution in [-0.2, 0) is 6.54 Å². The summed E-state index contributed by atoms with van der Waals surface area (Å²) in [6.07, 6.45) is -5.37. The molecular weight excluding hydrogens is 425 g/mol. The summed E-state index contributed by atoms with van der Waals surface area (Å²) in [5, 5.41) is 50.1. The molecule has 2 rings (SSSR count). The highest BCUT2D eigenvalue weighted by Gasteiger charge is 2.29. The minimum Gasteiger partial charge on any atom is -0.394 e. The lowest BCUT2D eigenvalue weighted by atomic mass is 10.0. The summed E-state index contributed by atoms with van der Waals surface area (Å²) in [6, 6.07) is 2.21. The lowest BCUT2D eigenvalue weighted by molar-refractivity contribution is -0.0999. The zero-order chi connectivity index (χ0) is 22.6. The maximum Gasteiger partial charge on any atom is 0.276 e. The Morgan fingerprint density at radius 2 is 1.97 bits per heavy atom. The second-order valence-electron chi connectivity index (χ2n) is 6.38. The number of aryl methyl sites for hydroxylation is 1. The van der Waals surface area contributed by atoms with Gasteiger partial charge in [-0.1, -0.05) is 11.6 Å². The fourth-order valence-electron chi connectivity index (χ4n) is 2.67. The number of fused-ring (bicyclic) bond motifs is 1. The highest BCUT2D eigenvalue weighted by molar-refractivity contribution is 6.31. The van der Waals surface area contributed by atoms with Gasteiger partial charge in [0, 0.05) is 18.1 Å². The van der Waals surface area contributed by atoms with Crippen molar-refractivity contribution in [3.63, 3.8) is 0 Å². The van der Waals surface area contributed by atoms with E-state index in [0.717, 1.165) is 6.07 Å². The number of benzene rings is 1. The molecule has 0 saturated heterocycles. The average molecular weight is 446 g/mol. The number of hydrazone groups is 1. The molecule has 0 aliphatic heterocycles. The van der Waals surface area contributed by atoms with E-state index in [1.807, 2.05) is 5.43 Å². The molecule has 164 valence electrons. The van der Waals surface area contributed by atoms with E-state index in [-0.39, 0.29) is 16.0 Å². The van der Waals surface area contributed by atoms with Crippen LogP contribution in [0.15, 0.2) is 28.2 Å². The lowest BCUT2D eigenvalue weighted by Gasteiger charge is -2.23. The number of halogens is 2. The molecule has 6 N–H and O–H groups in total. The number of carbonyl (C=O) groups excluding carboxylic acids is 1. The maximum absolute atomic E-state index is 13.8. The molecule has 1 amide bonds. The van der Waals surface area contributed by atoms with Gasteiger partial charge in [-0.25, -0.2) is 9.82 Å². The van der Waals surface area contributed by atoms with Crippen LogP contribution in [0.5, 0.6) is 0 Å². The van der Waals surface area contributed by atoms with Crippen molar-refractivity contribution in [3.05, 3.63) is 45.0 Å². The first-order valence-electron chi connectivity index (χ1n) is 8.81. The number of carbonyl (C=O) groups is 1. The zero-order valence-corrected chi connectivity index (χ0v) is 16.5. The summed E-state index contributed by atoms with van der Waals surface area (Å²) >= 11 is 5.77. The van der Waals surface area contributed by atoms with Gasteiger partial charge in [-0.2, -0.15) is 5.10 Å². The van der Waals surface area contributed by atoms with Gasteiger partial charge in [0.2, 0.25) is 5.43 Å². The van der Waals surface area contributed by atoms with Crippen molar-refractivity contribution < 1.29 is 34.7 Å². The standard InChI is InChI=1S/C18H21ClFN3O7/c1-2-23-6-9(15(27)8-3-11(20)10(19)4-12(8)23)18(30)22-21-5-13(25)16(28)17(29)14(26)7-24/h3-6,13-14,16-17,24-26,28-29H,2,7H2,1H3,(H,22,30)/b21-5+/t13-,14+,16+,17-/m0/s1. The van der Waals surface area contributed by atoms with Crippen molar-refractivity contribution in [2.24, 2.45) is 5.10 Å². The van der Waals surface area contributed by atoms with Crippen molar-refractivity contribution in [1.29, 1.82) is 0 Å². The second-order valence-corrected chi connectivity index (χ2v) is 6.79. The van der Waals surface area contributed by atoms with Crippen molar-refractivity contribution in [2.45, 2.75) is 37.9 Å². The molecule has 1 heterocycles. The van der Waals surface area contributed by atoms with Gasteiger partial charge in [0.05, 0.1) is 23.4 Å². The lowest BCUT2D eigenvalue weighted by Crippen LogP contribution is -2.46. The molecule has 0 saturated carbocycles. The number of hydrogen-bond donors (Lipinski definition) is 6. The minimum atomic E-state index is -1.90. The summed E-state index contributed by atoms with van der Waals surface area (Å²) in [7, 11) is 0. The van der Waals surface area contributed by atoms with Crippen LogP contribution >= 0.6 is 11.6 Å². The Kier molecular flexibility index (Phi) is 8.01. The molecule has 0 aliphatic carbocycles. The second kappa shape index (κ2) is 10.1. The number of nitrogens with one attached hydrogen (secondary N) is 1. The Hall–Kier alpha value is -2.41. The molecule has 1 aromatic carbocycles. The smallest absolute Gasteiger partial charge is 0.276 e. The number of aliphatic hydroxyl groups is 5. The van der Waals surface area contributed by atoms with Crippen molar-refractivity contribution in [1.82, 2.24) is 9.99 Å². The van der Waals surface area contributed by atoms with E-state index in [0.29, 0.717) is 18.3 Å². The van der Waals surface area contributed by atoms with Crippen molar-refractivity contribution in [2.75, 3.05) is 6.61 Å². The van der Waals surface area contributed by atoms with Gasteiger partial charge in [0.25, 0.3) is 5.91 Å². The van der Waals surface area contributed by atoms with Gasteiger partial charge >= 0.3 is 0 Å². The number of rotatable bonds is 8. The monoisotopic (exact) mass is 445 g/mol. The SMILES string of the molecule is CCn1cc(C(=O)N/N=C/[C@H](O)[C@@H](O)[C@@H](O)[C@H](O)CO)c(=O)c2cc(F)c(Cl)cc21. The van der Waals surface area contributed by atoms with Gasteiger partial charge in [-0.3, -0.25) is 9.59 Å². The number of pyridine rings is 1. The predicted molar refractivity (Wildman–Crippen MR) is 106 cm³/mol. The average Bonchev–Trinajstić information content (AvgIpc) is 2.73. The Morgan fingerprint density at radius 3 is 2.57 bits per heavy atom. The number of nitrogens with zero attached hydrogens (tertiary/aromatic N) is 2. The van der Waals surface area contributed by atoms with Crippen molar-refractivity contribution >= 4 is 34.6 Å². The third-order valence-electron chi connectivity index (χ3n) is 4.38. The number of amides is 1. The van der Waals surface area contributed by atoms with E-state index in [1.54, 1.807) is 6.92 Å². The Labute approximate surface area is 174 Å². The molecule has 0 aliphatic rings. The molecule has 0 fully saturated rings. The Morgan fingerprint density at radius 1 is 1.30 bits per heavy atom. The van der Waals surface area contributed by atoms with Gasteiger partial charge < -0.3 is 30.1 Å². The summed E-state index contributed by atoms with van der Waals surface area (Å²) < 4.78 is 15.3. The summed E-state index contributed by atoms with van der Waals surface area (Å²) in [6.45, 7) is 1.24. The summed E-state index contributed by atoms with van der Waals surface area (Å²) in [5.74, 6) is -1.78. The predicted octanol–water partition coefficient (Wildman–Crippen LogP) is -1.03. The highest BCUT2D eigenvalue weighted by Crippen LogP contribution is 2.21. The Balaban J connectivity index is 2.25. The van der Waals surface area contributed by atoms with E-state index in [9.17, 15) is 34.4 Å². The third-order valence-corrected chi connectivity index (χ3v) is 4.67. The highest BCUT2D eigenvalue weighted by atomic mass is 35.5. The molecule has 30 heavy (non-hydrogen) atoms. The number of aromatic nitrogens is 1. The van der Waals surface area contributed by atoms with E-state index in [2.05, 4.69) is 5.10 Å².